The molecule has 0 bridgehead atoms. The van der Waals surface area contributed by atoms with Crippen LogP contribution in [0.3, 0.4) is 0 Å². The minimum Gasteiger partial charge on any atom is -0.467 e. The quantitative estimate of drug-likeness (QED) is 0.799. The third-order valence-corrected chi connectivity index (χ3v) is 3.56. The lowest BCUT2D eigenvalue weighted by Crippen LogP contribution is -2.41. The first-order chi connectivity index (χ1) is 9.47. The Kier molecular flexibility index (Phi) is 4.01. The molecule has 6 heteroatoms. The number of hydrogen-bond acceptors (Lipinski definition) is 3. The maximum Gasteiger partial charge on any atom is 0.328 e. The highest BCUT2D eigenvalue weighted by molar-refractivity contribution is 5.88. The summed E-state index contributed by atoms with van der Waals surface area (Å²) >= 11 is 0. The highest BCUT2D eigenvalue weighted by Crippen LogP contribution is 2.33. The van der Waals surface area contributed by atoms with Gasteiger partial charge in [-0.15, -0.1) is 0 Å². The van der Waals surface area contributed by atoms with Crippen LogP contribution in [0.15, 0.2) is 18.2 Å². The van der Waals surface area contributed by atoms with Gasteiger partial charge in [0.15, 0.2) is 0 Å². The predicted molar refractivity (Wildman–Crippen MR) is 66.7 cm³/mol. The van der Waals surface area contributed by atoms with Crippen LogP contribution in [0.2, 0.25) is 0 Å². The smallest absolute Gasteiger partial charge is 0.328 e. The van der Waals surface area contributed by atoms with Gasteiger partial charge < -0.3 is 9.64 Å². The largest absolute Gasteiger partial charge is 0.467 e. The maximum absolute atomic E-state index is 13.8. The molecule has 1 saturated heterocycles. The lowest BCUT2D eigenvalue weighted by molar-refractivity contribution is -0.150. The molecule has 108 valence electrons. The molecule has 1 aliphatic heterocycles. The predicted octanol–water partition coefficient (Wildman–Crippen LogP) is 2.19. The molecule has 2 unspecified atom stereocenters. The summed E-state index contributed by atoms with van der Waals surface area (Å²) < 4.78 is 32.2. The molecule has 0 aliphatic carbocycles. The van der Waals surface area contributed by atoms with Crippen molar-refractivity contribution in [2.24, 2.45) is 0 Å². The Hall–Kier alpha value is -1.98. The molecular weight excluding hydrogens is 268 g/mol. The molecule has 1 amide bonds. The third-order valence-electron chi connectivity index (χ3n) is 3.56. The highest BCUT2D eigenvalue weighted by Gasteiger charge is 2.41. The van der Waals surface area contributed by atoms with Gasteiger partial charge in [0.05, 0.1) is 13.2 Å². The molecule has 1 aromatic carbocycles. The number of carbonyl (C=O) groups is 2. The minimum absolute atomic E-state index is 0.167. The number of benzene rings is 1. The van der Waals surface area contributed by atoms with E-state index in [0.717, 1.165) is 12.1 Å². The zero-order valence-corrected chi connectivity index (χ0v) is 11.2. The molecule has 0 saturated carbocycles. The molecule has 0 spiro atoms. The number of nitrogens with zero attached hydrogens (tertiary/aromatic N) is 1. The SMILES string of the molecule is COC(=O)C1CCC(=O)N1C(C)c1c(F)cccc1F. The van der Waals surface area contributed by atoms with Crippen molar-refractivity contribution in [2.45, 2.75) is 31.8 Å². The Bertz CT molecular complexity index is 527. The third kappa shape index (κ3) is 2.37. The van der Waals surface area contributed by atoms with Gasteiger partial charge in [-0.25, -0.2) is 13.6 Å². The Morgan fingerprint density at radius 3 is 2.55 bits per heavy atom. The molecular formula is C14H15F2NO3. The number of halogens is 2. The van der Waals surface area contributed by atoms with Crippen molar-refractivity contribution in [1.82, 2.24) is 4.90 Å². The van der Waals surface area contributed by atoms with Crippen LogP contribution >= 0.6 is 0 Å². The Morgan fingerprint density at radius 1 is 1.40 bits per heavy atom. The summed E-state index contributed by atoms with van der Waals surface area (Å²) in [5.41, 5.74) is -0.211. The van der Waals surface area contributed by atoms with E-state index in [9.17, 15) is 18.4 Å². The molecule has 20 heavy (non-hydrogen) atoms. The number of methoxy groups -OCH3 is 1. The number of carbonyl (C=O) groups excluding carboxylic acids is 2. The van der Waals surface area contributed by atoms with Crippen LogP contribution in [0.25, 0.3) is 0 Å². The van der Waals surface area contributed by atoms with Gasteiger partial charge >= 0.3 is 5.97 Å². The van der Waals surface area contributed by atoms with Crippen molar-refractivity contribution >= 4 is 11.9 Å². The number of amides is 1. The number of likely N-dealkylation sites (tertiary alicyclic amines) is 1. The number of ether oxygens (including phenoxy) is 1. The minimum atomic E-state index is -0.865. The molecule has 0 radical (unpaired) electrons. The van der Waals surface area contributed by atoms with Gasteiger partial charge in [0.25, 0.3) is 0 Å². The lowest BCUT2D eigenvalue weighted by Gasteiger charge is -2.30. The molecule has 2 rings (SSSR count). The molecule has 0 aromatic heterocycles. The topological polar surface area (TPSA) is 46.6 Å². The van der Waals surface area contributed by atoms with E-state index in [4.69, 9.17) is 0 Å². The van der Waals surface area contributed by atoms with E-state index in [1.54, 1.807) is 0 Å². The van der Waals surface area contributed by atoms with Gasteiger partial charge in [0.1, 0.15) is 17.7 Å². The van der Waals surface area contributed by atoms with E-state index in [2.05, 4.69) is 4.74 Å². The van der Waals surface area contributed by atoms with Crippen molar-refractivity contribution in [2.75, 3.05) is 7.11 Å². The van der Waals surface area contributed by atoms with E-state index >= 15 is 0 Å². The number of hydrogen-bond donors (Lipinski definition) is 0. The van der Waals surface area contributed by atoms with Gasteiger partial charge in [0, 0.05) is 12.0 Å². The number of rotatable bonds is 3. The summed E-state index contributed by atoms with van der Waals surface area (Å²) in [5, 5.41) is 0. The molecule has 1 fully saturated rings. The first-order valence-corrected chi connectivity index (χ1v) is 6.30. The van der Waals surface area contributed by atoms with E-state index in [0.29, 0.717) is 6.42 Å². The molecule has 0 N–H and O–H groups in total. The Balaban J connectivity index is 2.37. The zero-order chi connectivity index (χ0) is 14.9. The second kappa shape index (κ2) is 5.56. The van der Waals surface area contributed by atoms with E-state index in [1.807, 2.05) is 0 Å². The van der Waals surface area contributed by atoms with Crippen LogP contribution in [0, 0.1) is 11.6 Å². The average molecular weight is 283 g/mol. The van der Waals surface area contributed by atoms with Crippen LogP contribution in [-0.2, 0) is 14.3 Å². The standard InChI is InChI=1S/C14H15F2NO3/c1-8(13-9(15)4-3-5-10(13)16)17-11(14(19)20-2)6-7-12(17)18/h3-5,8,11H,6-7H2,1-2H3. The van der Waals surface area contributed by atoms with E-state index in [1.165, 1.54) is 25.0 Å². The highest BCUT2D eigenvalue weighted by atomic mass is 19.1. The molecule has 2 atom stereocenters. The second-order valence-electron chi connectivity index (χ2n) is 4.69. The fourth-order valence-corrected chi connectivity index (χ4v) is 2.60. The van der Waals surface area contributed by atoms with Crippen molar-refractivity contribution in [3.63, 3.8) is 0 Å². The van der Waals surface area contributed by atoms with Crippen LogP contribution < -0.4 is 0 Å². The summed E-state index contributed by atoms with van der Waals surface area (Å²) in [6.07, 6.45) is 0.464. The van der Waals surface area contributed by atoms with Gasteiger partial charge in [-0.2, -0.15) is 0 Å². The zero-order valence-electron chi connectivity index (χ0n) is 11.2. The Labute approximate surface area is 115 Å². The van der Waals surface area contributed by atoms with Crippen LogP contribution in [0.5, 0.6) is 0 Å². The van der Waals surface area contributed by atoms with Crippen molar-refractivity contribution in [3.8, 4) is 0 Å². The van der Waals surface area contributed by atoms with Crippen molar-refractivity contribution in [1.29, 1.82) is 0 Å². The molecule has 1 heterocycles. The van der Waals surface area contributed by atoms with Crippen molar-refractivity contribution in [3.05, 3.63) is 35.4 Å². The van der Waals surface area contributed by atoms with E-state index in [-0.39, 0.29) is 17.9 Å². The maximum atomic E-state index is 13.8. The van der Waals surface area contributed by atoms with Gasteiger partial charge in [0.2, 0.25) is 5.91 Å². The fraction of sp³-hybridized carbons (Fsp3) is 0.429. The first kappa shape index (κ1) is 14.4. The van der Waals surface area contributed by atoms with Crippen molar-refractivity contribution < 1.29 is 23.1 Å². The molecule has 4 nitrogen and oxygen atoms in total. The average Bonchev–Trinajstić information content (AvgIpc) is 2.79. The second-order valence-corrected chi connectivity index (χ2v) is 4.69. The molecule has 1 aliphatic rings. The first-order valence-electron chi connectivity index (χ1n) is 6.30. The summed E-state index contributed by atoms with van der Waals surface area (Å²) in [4.78, 5) is 24.8. The van der Waals surface area contributed by atoms with Gasteiger partial charge in [-0.1, -0.05) is 6.07 Å². The fourth-order valence-electron chi connectivity index (χ4n) is 2.60. The summed E-state index contributed by atoms with van der Waals surface area (Å²) in [6.45, 7) is 1.50. The monoisotopic (exact) mass is 283 g/mol. The van der Waals surface area contributed by atoms with Crippen LogP contribution in [0.1, 0.15) is 31.4 Å². The summed E-state index contributed by atoms with van der Waals surface area (Å²) in [6, 6.07) is 1.85. The molecule has 1 aromatic rings. The lowest BCUT2D eigenvalue weighted by atomic mass is 10.0. The normalized spacial score (nSPS) is 20.1. The van der Waals surface area contributed by atoms with Crippen LogP contribution in [-0.4, -0.2) is 29.9 Å². The summed E-state index contributed by atoms with van der Waals surface area (Å²) in [7, 11) is 1.22. The number of esters is 1. The van der Waals surface area contributed by atoms with Gasteiger partial charge in [-0.05, 0) is 25.5 Å². The van der Waals surface area contributed by atoms with Crippen LogP contribution in [0.4, 0.5) is 8.78 Å². The Morgan fingerprint density at radius 2 is 2.00 bits per heavy atom. The summed E-state index contributed by atoms with van der Waals surface area (Å²) in [5.74, 6) is -2.35. The van der Waals surface area contributed by atoms with E-state index < -0.39 is 29.7 Å². The van der Waals surface area contributed by atoms with Gasteiger partial charge in [-0.3, -0.25) is 4.79 Å².